The summed E-state index contributed by atoms with van der Waals surface area (Å²) in [7, 11) is 0. The third kappa shape index (κ3) is 6.08. The molecular weight excluding hydrogens is 387 g/mol. The molecule has 0 aromatic carbocycles. The van der Waals surface area contributed by atoms with Crippen LogP contribution in [0.25, 0.3) is 0 Å². The van der Waals surface area contributed by atoms with Gasteiger partial charge in [-0.3, -0.25) is 9.59 Å². The largest absolute Gasteiger partial charge is 0.468 e. The first kappa shape index (κ1) is 21.4. The van der Waals surface area contributed by atoms with Crippen molar-refractivity contribution in [1.29, 1.82) is 0 Å². The van der Waals surface area contributed by atoms with Crippen LogP contribution in [0.4, 0.5) is 13.2 Å². The van der Waals surface area contributed by atoms with Crippen LogP contribution in [-0.2, 0) is 16.1 Å². The highest BCUT2D eigenvalue weighted by atomic mass is 19.4. The van der Waals surface area contributed by atoms with Crippen molar-refractivity contribution in [3.8, 4) is 5.88 Å². The third-order valence-corrected chi connectivity index (χ3v) is 5.44. The van der Waals surface area contributed by atoms with E-state index in [0.717, 1.165) is 38.5 Å². The van der Waals surface area contributed by atoms with Gasteiger partial charge in [0.25, 0.3) is 0 Å². The number of nitrogens with one attached hydrogen (secondary N) is 1. The van der Waals surface area contributed by atoms with E-state index in [0.29, 0.717) is 18.5 Å². The van der Waals surface area contributed by atoms with Crippen LogP contribution in [0.15, 0.2) is 18.3 Å². The molecule has 2 heterocycles. The Morgan fingerprint density at radius 1 is 1.17 bits per heavy atom. The van der Waals surface area contributed by atoms with Crippen LogP contribution in [0.3, 0.4) is 0 Å². The van der Waals surface area contributed by atoms with Gasteiger partial charge in [0.05, 0.1) is 0 Å². The van der Waals surface area contributed by atoms with Gasteiger partial charge in [-0.15, -0.1) is 0 Å². The maximum absolute atomic E-state index is 12.8. The van der Waals surface area contributed by atoms with E-state index in [-0.39, 0.29) is 30.2 Å². The Balaban J connectivity index is 1.53. The van der Waals surface area contributed by atoms with E-state index in [2.05, 4.69) is 15.0 Å². The van der Waals surface area contributed by atoms with Crippen LogP contribution >= 0.6 is 0 Å². The molecule has 9 heteroatoms. The summed E-state index contributed by atoms with van der Waals surface area (Å²) in [6, 6.07) is 2.48. The lowest BCUT2D eigenvalue weighted by Gasteiger charge is -2.30. The highest BCUT2D eigenvalue weighted by Crippen LogP contribution is 2.29. The van der Waals surface area contributed by atoms with Gasteiger partial charge in [-0.25, -0.2) is 4.98 Å². The predicted octanol–water partition coefficient (Wildman–Crippen LogP) is 3.21. The average molecular weight is 413 g/mol. The Labute approximate surface area is 167 Å². The monoisotopic (exact) mass is 413 g/mol. The van der Waals surface area contributed by atoms with Gasteiger partial charge in [-0.2, -0.15) is 13.2 Å². The summed E-state index contributed by atoms with van der Waals surface area (Å²) < 4.78 is 41.4. The maximum atomic E-state index is 12.8. The van der Waals surface area contributed by atoms with Crippen molar-refractivity contribution < 1.29 is 27.5 Å². The molecule has 0 unspecified atom stereocenters. The lowest BCUT2D eigenvalue weighted by molar-refractivity contribution is -0.154. The standard InChI is InChI=1S/C20H26F3N3O3/c21-20(22,23)13-29-17-11-14(8-9-24-17)12-25-18(27)16-7-4-10-26(16)19(28)15-5-2-1-3-6-15/h8-9,11,15-16H,1-7,10,12-13H2,(H,25,27)/t16-/m1/s1. The lowest BCUT2D eigenvalue weighted by atomic mass is 9.88. The molecule has 2 fully saturated rings. The Morgan fingerprint density at radius 3 is 2.66 bits per heavy atom. The molecule has 1 aliphatic heterocycles. The first-order valence-electron chi connectivity index (χ1n) is 10.1. The first-order valence-corrected chi connectivity index (χ1v) is 10.1. The molecule has 1 aromatic rings. The molecule has 1 N–H and O–H groups in total. The summed E-state index contributed by atoms with van der Waals surface area (Å²) in [5.74, 6) is -0.287. The fourth-order valence-corrected chi connectivity index (χ4v) is 3.99. The number of alkyl halides is 3. The molecule has 1 aromatic heterocycles. The zero-order valence-electron chi connectivity index (χ0n) is 16.2. The molecule has 0 bridgehead atoms. The minimum absolute atomic E-state index is 0.0192. The van der Waals surface area contributed by atoms with E-state index in [9.17, 15) is 22.8 Å². The van der Waals surface area contributed by atoms with Crippen LogP contribution in [0.5, 0.6) is 5.88 Å². The van der Waals surface area contributed by atoms with Gasteiger partial charge < -0.3 is 15.0 Å². The molecule has 1 atom stereocenters. The van der Waals surface area contributed by atoms with Gasteiger partial charge in [0.15, 0.2) is 6.61 Å². The second-order valence-corrected chi connectivity index (χ2v) is 7.65. The van der Waals surface area contributed by atoms with Crippen LogP contribution in [0.1, 0.15) is 50.5 Å². The molecule has 1 aliphatic carbocycles. The van der Waals surface area contributed by atoms with E-state index in [1.807, 2.05) is 0 Å². The molecule has 2 aliphatic rings. The number of hydrogen-bond acceptors (Lipinski definition) is 4. The number of amides is 2. The molecule has 29 heavy (non-hydrogen) atoms. The van der Waals surface area contributed by atoms with Crippen LogP contribution in [0.2, 0.25) is 0 Å². The van der Waals surface area contributed by atoms with Crippen molar-refractivity contribution >= 4 is 11.8 Å². The van der Waals surface area contributed by atoms with E-state index in [1.54, 1.807) is 11.0 Å². The summed E-state index contributed by atoms with van der Waals surface area (Å²) in [6.45, 7) is -0.695. The molecule has 6 nitrogen and oxygen atoms in total. The molecule has 0 radical (unpaired) electrons. The molecule has 2 amide bonds. The van der Waals surface area contributed by atoms with Gasteiger partial charge in [-0.1, -0.05) is 19.3 Å². The smallest absolute Gasteiger partial charge is 0.422 e. The van der Waals surface area contributed by atoms with E-state index in [4.69, 9.17) is 0 Å². The highest BCUT2D eigenvalue weighted by Gasteiger charge is 2.37. The number of halogens is 3. The second-order valence-electron chi connectivity index (χ2n) is 7.65. The minimum Gasteiger partial charge on any atom is -0.468 e. The van der Waals surface area contributed by atoms with E-state index in [1.165, 1.54) is 12.3 Å². The van der Waals surface area contributed by atoms with Gasteiger partial charge >= 0.3 is 6.18 Å². The first-order chi connectivity index (χ1) is 13.8. The fourth-order valence-electron chi connectivity index (χ4n) is 3.99. The van der Waals surface area contributed by atoms with Crippen molar-refractivity contribution in [2.75, 3.05) is 13.2 Å². The second kappa shape index (κ2) is 9.45. The molecule has 1 saturated heterocycles. The van der Waals surface area contributed by atoms with Gasteiger partial charge in [0, 0.05) is 31.3 Å². The zero-order valence-corrected chi connectivity index (χ0v) is 16.2. The Morgan fingerprint density at radius 2 is 1.93 bits per heavy atom. The maximum Gasteiger partial charge on any atom is 0.422 e. The number of rotatable bonds is 6. The summed E-state index contributed by atoms with van der Waals surface area (Å²) in [5, 5.41) is 2.79. The number of nitrogens with zero attached hydrogens (tertiary/aromatic N) is 2. The minimum atomic E-state index is -4.44. The number of likely N-dealkylation sites (tertiary alicyclic amines) is 1. The number of hydrogen-bond donors (Lipinski definition) is 1. The van der Waals surface area contributed by atoms with Crippen molar-refractivity contribution in [2.45, 2.75) is 63.7 Å². The molecule has 0 spiro atoms. The van der Waals surface area contributed by atoms with Gasteiger partial charge in [0.1, 0.15) is 6.04 Å². The van der Waals surface area contributed by atoms with Crippen molar-refractivity contribution in [3.63, 3.8) is 0 Å². The van der Waals surface area contributed by atoms with E-state index >= 15 is 0 Å². The number of carbonyl (C=O) groups is 2. The van der Waals surface area contributed by atoms with Crippen LogP contribution < -0.4 is 10.1 Å². The Kier molecular flexibility index (Phi) is 6.97. The molecule has 1 saturated carbocycles. The average Bonchev–Trinajstić information content (AvgIpc) is 3.20. The van der Waals surface area contributed by atoms with Gasteiger partial charge in [0.2, 0.25) is 17.7 Å². The SMILES string of the molecule is O=C(NCc1ccnc(OCC(F)(F)F)c1)[C@H]1CCCN1C(=O)C1CCCCC1. The van der Waals surface area contributed by atoms with Crippen LogP contribution in [-0.4, -0.2) is 47.1 Å². The topological polar surface area (TPSA) is 71.5 Å². The summed E-state index contributed by atoms with van der Waals surface area (Å²) in [5.41, 5.74) is 0.577. The summed E-state index contributed by atoms with van der Waals surface area (Å²) in [4.78, 5) is 30.9. The number of ether oxygens (including phenoxy) is 1. The van der Waals surface area contributed by atoms with Crippen molar-refractivity contribution in [1.82, 2.24) is 15.2 Å². The summed E-state index contributed by atoms with van der Waals surface area (Å²) in [6.07, 6.45) is 3.37. The van der Waals surface area contributed by atoms with Crippen molar-refractivity contribution in [3.05, 3.63) is 23.9 Å². The normalized spacial score (nSPS) is 20.5. The molecular formula is C20H26F3N3O3. The molecule has 3 rings (SSSR count). The summed E-state index contributed by atoms with van der Waals surface area (Å²) >= 11 is 0. The zero-order chi connectivity index (χ0) is 20.9. The number of aromatic nitrogens is 1. The fraction of sp³-hybridized carbons (Fsp3) is 0.650. The number of pyridine rings is 1. The Hall–Kier alpha value is -2.32. The Bertz CT molecular complexity index is 720. The predicted molar refractivity (Wildman–Crippen MR) is 98.9 cm³/mol. The quantitative estimate of drug-likeness (QED) is 0.778. The third-order valence-electron chi connectivity index (χ3n) is 5.44. The van der Waals surface area contributed by atoms with Gasteiger partial charge in [-0.05, 0) is 37.3 Å². The number of carbonyl (C=O) groups excluding carboxylic acids is 2. The van der Waals surface area contributed by atoms with Crippen molar-refractivity contribution in [2.24, 2.45) is 5.92 Å². The highest BCUT2D eigenvalue weighted by molar-refractivity contribution is 5.89. The lowest BCUT2D eigenvalue weighted by Crippen LogP contribution is -2.47. The van der Waals surface area contributed by atoms with E-state index < -0.39 is 18.8 Å². The molecule has 160 valence electrons. The van der Waals surface area contributed by atoms with Crippen LogP contribution in [0, 0.1) is 5.92 Å².